The third-order valence-electron chi connectivity index (χ3n) is 5.48. The number of methoxy groups -OCH3 is 1. The number of amides is 1. The summed E-state index contributed by atoms with van der Waals surface area (Å²) in [5, 5.41) is 11.0. The molecule has 8 nitrogen and oxygen atoms in total. The molecule has 2 aromatic heterocycles. The zero-order valence-corrected chi connectivity index (χ0v) is 18.2. The molecule has 1 aliphatic rings. The molecule has 0 fully saturated rings. The topological polar surface area (TPSA) is 94.0 Å². The van der Waals surface area contributed by atoms with E-state index in [-0.39, 0.29) is 5.91 Å². The molecule has 0 saturated heterocycles. The molecule has 0 radical (unpaired) electrons. The van der Waals surface area contributed by atoms with E-state index in [1.807, 2.05) is 61.5 Å². The SMILES string of the molecule is COc1ccccc1-c1nc2n(n1)[C@H](c1ccccc1)C(C(=O)Nc1cccnc1)=C(C)N2. The Balaban J connectivity index is 1.61. The van der Waals surface area contributed by atoms with Crippen LogP contribution in [0.3, 0.4) is 0 Å². The number of allylic oxidation sites excluding steroid dienone is 1. The molecule has 1 atom stereocenters. The number of carbonyl (C=O) groups excluding carboxylic acids is 1. The Morgan fingerprint density at radius 3 is 2.61 bits per heavy atom. The summed E-state index contributed by atoms with van der Waals surface area (Å²) in [6.45, 7) is 1.87. The third-order valence-corrected chi connectivity index (χ3v) is 5.48. The van der Waals surface area contributed by atoms with Gasteiger partial charge in [-0.3, -0.25) is 9.78 Å². The first-order valence-corrected chi connectivity index (χ1v) is 10.5. The van der Waals surface area contributed by atoms with Crippen LogP contribution in [0.1, 0.15) is 18.5 Å². The van der Waals surface area contributed by atoms with E-state index < -0.39 is 6.04 Å². The van der Waals surface area contributed by atoms with Crippen LogP contribution in [0.4, 0.5) is 11.6 Å². The highest BCUT2D eigenvalue weighted by molar-refractivity contribution is 6.05. The lowest BCUT2D eigenvalue weighted by Crippen LogP contribution is -2.31. The normalized spacial score (nSPS) is 14.9. The first-order valence-electron chi connectivity index (χ1n) is 10.5. The predicted octanol–water partition coefficient (Wildman–Crippen LogP) is 4.28. The molecule has 0 spiro atoms. The van der Waals surface area contributed by atoms with Crippen LogP contribution in [0, 0.1) is 0 Å². The smallest absolute Gasteiger partial charge is 0.255 e. The summed E-state index contributed by atoms with van der Waals surface area (Å²) in [6.07, 6.45) is 3.28. The minimum Gasteiger partial charge on any atom is -0.496 e. The van der Waals surface area contributed by atoms with Gasteiger partial charge in [0.25, 0.3) is 5.91 Å². The Morgan fingerprint density at radius 2 is 1.85 bits per heavy atom. The first kappa shape index (κ1) is 20.4. The van der Waals surface area contributed by atoms with Crippen molar-refractivity contribution in [1.82, 2.24) is 19.7 Å². The molecule has 164 valence electrons. The molecule has 0 aliphatic carbocycles. The van der Waals surface area contributed by atoms with Crippen LogP contribution in [0.25, 0.3) is 11.4 Å². The van der Waals surface area contributed by atoms with Gasteiger partial charge in [-0.25, -0.2) is 4.68 Å². The molecule has 4 aromatic rings. The lowest BCUT2D eigenvalue weighted by Gasteiger charge is -2.28. The average molecular weight is 438 g/mol. The molecule has 1 aliphatic heterocycles. The van der Waals surface area contributed by atoms with Crippen LogP contribution in [0.15, 0.2) is 90.4 Å². The van der Waals surface area contributed by atoms with Crippen LogP contribution in [-0.4, -0.2) is 32.8 Å². The van der Waals surface area contributed by atoms with Gasteiger partial charge in [-0.2, -0.15) is 4.98 Å². The van der Waals surface area contributed by atoms with Gasteiger partial charge in [-0.15, -0.1) is 5.10 Å². The second kappa shape index (κ2) is 8.58. The average Bonchev–Trinajstić information content (AvgIpc) is 3.27. The monoisotopic (exact) mass is 438 g/mol. The van der Waals surface area contributed by atoms with E-state index in [9.17, 15) is 4.79 Å². The molecular weight excluding hydrogens is 416 g/mol. The highest BCUT2D eigenvalue weighted by Gasteiger charge is 2.34. The number of nitrogens with zero attached hydrogens (tertiary/aromatic N) is 4. The molecule has 0 unspecified atom stereocenters. The van der Waals surface area contributed by atoms with Crippen LogP contribution in [0.2, 0.25) is 0 Å². The van der Waals surface area contributed by atoms with Crippen molar-refractivity contribution < 1.29 is 9.53 Å². The Morgan fingerprint density at radius 1 is 1.06 bits per heavy atom. The van der Waals surface area contributed by atoms with Crippen molar-refractivity contribution in [1.29, 1.82) is 0 Å². The fourth-order valence-electron chi connectivity index (χ4n) is 3.97. The van der Waals surface area contributed by atoms with Crippen molar-refractivity contribution in [3.05, 3.63) is 96.0 Å². The molecule has 33 heavy (non-hydrogen) atoms. The molecule has 1 amide bonds. The van der Waals surface area contributed by atoms with Crippen molar-refractivity contribution >= 4 is 17.5 Å². The maximum atomic E-state index is 13.4. The molecule has 2 N–H and O–H groups in total. The van der Waals surface area contributed by atoms with Gasteiger partial charge in [0.1, 0.15) is 11.8 Å². The Bertz CT molecular complexity index is 1330. The quantitative estimate of drug-likeness (QED) is 0.483. The number of anilines is 2. The third kappa shape index (κ3) is 3.82. The van der Waals surface area contributed by atoms with Gasteiger partial charge in [0.2, 0.25) is 5.95 Å². The number of carbonyl (C=O) groups is 1. The number of ether oxygens (including phenoxy) is 1. The van der Waals surface area contributed by atoms with Gasteiger partial charge in [0.15, 0.2) is 5.82 Å². The van der Waals surface area contributed by atoms with Crippen LogP contribution >= 0.6 is 0 Å². The number of aromatic nitrogens is 4. The molecule has 8 heteroatoms. The summed E-state index contributed by atoms with van der Waals surface area (Å²) < 4.78 is 7.25. The zero-order valence-electron chi connectivity index (χ0n) is 18.2. The van der Waals surface area contributed by atoms with Gasteiger partial charge < -0.3 is 15.4 Å². The number of hydrogen-bond donors (Lipinski definition) is 2. The first-order chi connectivity index (χ1) is 16.2. The van der Waals surface area contributed by atoms with E-state index in [0.29, 0.717) is 34.5 Å². The van der Waals surface area contributed by atoms with Gasteiger partial charge in [0.05, 0.1) is 30.1 Å². The number of para-hydroxylation sites is 1. The molecule has 3 heterocycles. The number of pyridine rings is 1. The minimum absolute atomic E-state index is 0.234. The maximum absolute atomic E-state index is 13.4. The molecular formula is C25H22N6O2. The van der Waals surface area contributed by atoms with Crippen LogP contribution in [0.5, 0.6) is 5.75 Å². The fraction of sp³-hybridized carbons (Fsp3) is 0.120. The number of nitrogens with one attached hydrogen (secondary N) is 2. The second-order valence-corrected chi connectivity index (χ2v) is 7.58. The van der Waals surface area contributed by atoms with Crippen LogP contribution in [-0.2, 0) is 4.79 Å². The Kier molecular flexibility index (Phi) is 5.32. The Labute approximate surface area is 191 Å². The van der Waals surface area contributed by atoms with Gasteiger partial charge >= 0.3 is 0 Å². The molecule has 2 aromatic carbocycles. The molecule has 0 bridgehead atoms. The van der Waals surface area contributed by atoms with Crippen molar-refractivity contribution in [2.24, 2.45) is 0 Å². The van der Waals surface area contributed by atoms with Crippen LogP contribution < -0.4 is 15.4 Å². The van der Waals surface area contributed by atoms with Crippen molar-refractivity contribution in [3.8, 4) is 17.1 Å². The minimum atomic E-state index is -0.463. The summed E-state index contributed by atoms with van der Waals surface area (Å²) >= 11 is 0. The van der Waals surface area contributed by atoms with E-state index in [1.54, 1.807) is 36.3 Å². The largest absolute Gasteiger partial charge is 0.496 e. The number of benzene rings is 2. The van der Waals surface area contributed by atoms with E-state index in [4.69, 9.17) is 14.8 Å². The van der Waals surface area contributed by atoms with Crippen molar-refractivity contribution in [3.63, 3.8) is 0 Å². The summed E-state index contributed by atoms with van der Waals surface area (Å²) in [7, 11) is 1.62. The predicted molar refractivity (Wildman–Crippen MR) is 126 cm³/mol. The summed E-state index contributed by atoms with van der Waals surface area (Å²) in [5.74, 6) is 1.51. The fourth-order valence-corrected chi connectivity index (χ4v) is 3.97. The summed E-state index contributed by atoms with van der Waals surface area (Å²) in [6, 6.07) is 20.5. The second-order valence-electron chi connectivity index (χ2n) is 7.58. The van der Waals surface area contributed by atoms with E-state index >= 15 is 0 Å². The molecule has 5 rings (SSSR count). The van der Waals surface area contributed by atoms with Crippen molar-refractivity contribution in [2.75, 3.05) is 17.7 Å². The Hall–Kier alpha value is -4.46. The zero-order chi connectivity index (χ0) is 22.8. The van der Waals surface area contributed by atoms with E-state index in [0.717, 1.165) is 11.1 Å². The highest BCUT2D eigenvalue weighted by atomic mass is 16.5. The van der Waals surface area contributed by atoms with E-state index in [1.165, 1.54) is 0 Å². The summed E-state index contributed by atoms with van der Waals surface area (Å²) in [4.78, 5) is 22.2. The maximum Gasteiger partial charge on any atom is 0.255 e. The molecule has 0 saturated carbocycles. The number of fused-ring (bicyclic) bond motifs is 1. The lowest BCUT2D eigenvalue weighted by molar-refractivity contribution is -0.113. The number of hydrogen-bond acceptors (Lipinski definition) is 6. The van der Waals surface area contributed by atoms with Crippen molar-refractivity contribution in [2.45, 2.75) is 13.0 Å². The number of rotatable bonds is 5. The lowest BCUT2D eigenvalue weighted by atomic mass is 9.95. The van der Waals surface area contributed by atoms with E-state index in [2.05, 4.69) is 15.6 Å². The summed E-state index contributed by atoms with van der Waals surface area (Å²) in [5.41, 5.74) is 3.57. The van der Waals surface area contributed by atoms with Gasteiger partial charge in [-0.1, -0.05) is 42.5 Å². The highest BCUT2D eigenvalue weighted by Crippen LogP contribution is 2.37. The van der Waals surface area contributed by atoms with Gasteiger partial charge in [0, 0.05) is 11.9 Å². The standard InChI is InChI=1S/C25H22N6O2/c1-16-21(24(32)28-18-11-8-14-26-15-18)22(17-9-4-3-5-10-17)31-25(27-16)29-23(30-31)19-12-6-7-13-20(19)33-2/h3-15,22H,1-2H3,(H,28,32)(H,27,29,30)/t22-/m1/s1. The van der Waals surface area contributed by atoms with Gasteiger partial charge in [-0.05, 0) is 36.8 Å².